The number of fused-ring (bicyclic) bond motifs is 1. The van der Waals surface area contributed by atoms with Crippen LogP contribution >= 0.6 is 0 Å². The zero-order chi connectivity index (χ0) is 17.8. The topological polar surface area (TPSA) is 92.7 Å². The summed E-state index contributed by atoms with van der Waals surface area (Å²) in [5.41, 5.74) is 2.12. The van der Waals surface area contributed by atoms with Gasteiger partial charge in [0, 0.05) is 11.1 Å². The monoisotopic (exact) mass is 337 g/mol. The Morgan fingerprint density at radius 2 is 1.80 bits per heavy atom. The first kappa shape index (κ1) is 16.4. The summed E-state index contributed by atoms with van der Waals surface area (Å²) >= 11 is 0. The van der Waals surface area contributed by atoms with Crippen molar-refractivity contribution in [1.29, 1.82) is 0 Å². The lowest BCUT2D eigenvalue weighted by molar-refractivity contribution is -0.137. The smallest absolute Gasteiger partial charge is 0.306 e. The molecule has 0 aromatic heterocycles. The van der Waals surface area contributed by atoms with E-state index in [0.717, 1.165) is 0 Å². The van der Waals surface area contributed by atoms with Gasteiger partial charge in [0.2, 0.25) is 0 Å². The predicted octanol–water partition coefficient (Wildman–Crippen LogP) is 2.35. The molecule has 0 spiro atoms. The number of hydrogen-bond acceptors (Lipinski definition) is 4. The maximum absolute atomic E-state index is 12.2. The van der Waals surface area contributed by atoms with Gasteiger partial charge in [-0.15, -0.1) is 0 Å². The number of amides is 2. The lowest BCUT2D eigenvalue weighted by atomic mass is 9.93. The summed E-state index contributed by atoms with van der Waals surface area (Å²) in [6, 6.07) is 13.9. The first-order valence-electron chi connectivity index (χ1n) is 7.66. The van der Waals surface area contributed by atoms with Crippen LogP contribution in [-0.4, -0.2) is 29.5 Å². The van der Waals surface area contributed by atoms with Crippen LogP contribution in [0.1, 0.15) is 27.9 Å². The highest BCUT2D eigenvalue weighted by Crippen LogP contribution is 2.27. The van der Waals surface area contributed by atoms with Gasteiger partial charge in [-0.2, -0.15) is 0 Å². The van der Waals surface area contributed by atoms with Crippen molar-refractivity contribution in [3.63, 3.8) is 0 Å². The van der Waals surface area contributed by atoms with Gasteiger partial charge < -0.3 is 9.84 Å². The molecule has 0 atom stereocenters. The zero-order valence-electron chi connectivity index (χ0n) is 13.2. The largest absolute Gasteiger partial charge is 0.493 e. The van der Waals surface area contributed by atoms with Crippen LogP contribution in [0.4, 0.5) is 0 Å². The number of carbonyl (C=O) groups excluding carboxylic acids is 2. The third-order valence-corrected chi connectivity index (χ3v) is 3.69. The number of benzene rings is 2. The van der Waals surface area contributed by atoms with E-state index in [1.54, 1.807) is 54.6 Å². The molecule has 6 heteroatoms. The minimum absolute atomic E-state index is 0.0627. The first-order chi connectivity index (χ1) is 12.0. The Hall–Kier alpha value is -3.41. The van der Waals surface area contributed by atoms with Gasteiger partial charge in [-0.3, -0.25) is 19.7 Å². The van der Waals surface area contributed by atoms with Gasteiger partial charge in [0.1, 0.15) is 5.75 Å². The van der Waals surface area contributed by atoms with Gasteiger partial charge in [0.05, 0.1) is 13.0 Å². The molecule has 2 N–H and O–H groups in total. The molecule has 0 bridgehead atoms. The van der Waals surface area contributed by atoms with E-state index < -0.39 is 17.8 Å². The number of hydrogen-bond donors (Lipinski definition) is 2. The minimum Gasteiger partial charge on any atom is -0.493 e. The standard InChI is InChI=1S/C19H15NO5/c21-17(22)8-9-25-13-5-3-4-12(10-13)11-16-14-6-1-2-7-15(14)18(23)20-19(16)24/h1-7,10-11H,8-9H2,(H,21,22)(H,20,23,24). The minimum atomic E-state index is -0.932. The average molecular weight is 337 g/mol. The van der Waals surface area contributed by atoms with Gasteiger partial charge in [-0.05, 0) is 35.4 Å². The van der Waals surface area contributed by atoms with Gasteiger partial charge in [0.25, 0.3) is 11.8 Å². The molecule has 0 radical (unpaired) electrons. The molecule has 2 aromatic carbocycles. The van der Waals surface area contributed by atoms with E-state index in [0.29, 0.717) is 28.0 Å². The maximum atomic E-state index is 12.2. The van der Waals surface area contributed by atoms with Crippen molar-refractivity contribution >= 4 is 29.4 Å². The molecule has 2 amide bonds. The number of aliphatic carboxylic acids is 1. The summed E-state index contributed by atoms with van der Waals surface area (Å²) in [6.45, 7) is 0.0627. The van der Waals surface area contributed by atoms with E-state index in [1.807, 2.05) is 0 Å². The van der Waals surface area contributed by atoms with E-state index >= 15 is 0 Å². The summed E-state index contributed by atoms with van der Waals surface area (Å²) < 4.78 is 5.40. The molecule has 1 aliphatic rings. The number of carboxylic acid groups (broad SMARTS) is 1. The van der Waals surface area contributed by atoms with Crippen LogP contribution < -0.4 is 10.1 Å². The van der Waals surface area contributed by atoms with Crippen LogP contribution in [0.3, 0.4) is 0 Å². The highest BCUT2D eigenvalue weighted by Gasteiger charge is 2.26. The second-order valence-electron chi connectivity index (χ2n) is 5.45. The quantitative estimate of drug-likeness (QED) is 0.645. The third kappa shape index (κ3) is 3.74. The van der Waals surface area contributed by atoms with Crippen molar-refractivity contribution in [2.75, 3.05) is 6.61 Å². The van der Waals surface area contributed by atoms with E-state index in [1.165, 1.54) is 0 Å². The van der Waals surface area contributed by atoms with Gasteiger partial charge in [0.15, 0.2) is 0 Å². The SMILES string of the molecule is O=C(O)CCOc1cccc(C=C2C(=O)NC(=O)c3ccccc32)c1. The fourth-order valence-electron chi connectivity index (χ4n) is 2.54. The van der Waals surface area contributed by atoms with Crippen LogP contribution in [-0.2, 0) is 9.59 Å². The Balaban J connectivity index is 1.90. The molecular formula is C19H15NO5. The second kappa shape index (κ2) is 7.00. The number of nitrogens with one attached hydrogen (secondary N) is 1. The Kier molecular flexibility index (Phi) is 4.61. The second-order valence-corrected chi connectivity index (χ2v) is 5.45. The van der Waals surface area contributed by atoms with Crippen molar-refractivity contribution in [2.45, 2.75) is 6.42 Å². The Morgan fingerprint density at radius 3 is 2.56 bits per heavy atom. The number of ether oxygens (including phenoxy) is 1. The fourth-order valence-corrected chi connectivity index (χ4v) is 2.54. The highest BCUT2D eigenvalue weighted by atomic mass is 16.5. The Bertz CT molecular complexity index is 885. The normalized spacial score (nSPS) is 14.8. The lowest BCUT2D eigenvalue weighted by Gasteiger charge is -2.18. The number of rotatable bonds is 5. The first-order valence-corrected chi connectivity index (χ1v) is 7.66. The number of imide groups is 1. The molecule has 6 nitrogen and oxygen atoms in total. The van der Waals surface area contributed by atoms with E-state index in [2.05, 4.69) is 5.32 Å². The number of carboxylic acids is 1. The molecule has 0 unspecified atom stereocenters. The van der Waals surface area contributed by atoms with E-state index in [4.69, 9.17) is 9.84 Å². The molecule has 1 heterocycles. The maximum Gasteiger partial charge on any atom is 0.306 e. The summed E-state index contributed by atoms with van der Waals surface area (Å²) in [4.78, 5) is 34.6. The fraction of sp³-hybridized carbons (Fsp3) is 0.105. The van der Waals surface area contributed by atoms with E-state index in [-0.39, 0.29) is 13.0 Å². The summed E-state index contributed by atoms with van der Waals surface area (Å²) in [5.74, 6) is -1.29. The van der Waals surface area contributed by atoms with Crippen LogP contribution in [0.15, 0.2) is 48.5 Å². The van der Waals surface area contributed by atoms with Crippen molar-refractivity contribution < 1.29 is 24.2 Å². The number of carbonyl (C=O) groups is 3. The molecule has 0 saturated carbocycles. The molecule has 25 heavy (non-hydrogen) atoms. The predicted molar refractivity (Wildman–Crippen MR) is 91.0 cm³/mol. The van der Waals surface area contributed by atoms with Gasteiger partial charge in [-0.25, -0.2) is 0 Å². The Morgan fingerprint density at radius 1 is 1.04 bits per heavy atom. The average Bonchev–Trinajstić information content (AvgIpc) is 2.59. The molecule has 1 aliphatic heterocycles. The van der Waals surface area contributed by atoms with Gasteiger partial charge >= 0.3 is 5.97 Å². The van der Waals surface area contributed by atoms with Crippen molar-refractivity contribution in [3.05, 3.63) is 65.2 Å². The molecule has 126 valence electrons. The molecule has 3 rings (SSSR count). The molecule has 2 aromatic rings. The molecule has 0 fully saturated rings. The van der Waals surface area contributed by atoms with Crippen molar-refractivity contribution in [1.82, 2.24) is 5.32 Å². The summed E-state index contributed by atoms with van der Waals surface area (Å²) in [6.07, 6.45) is 1.58. The van der Waals surface area contributed by atoms with Crippen molar-refractivity contribution in [2.24, 2.45) is 0 Å². The molecule has 0 aliphatic carbocycles. The zero-order valence-corrected chi connectivity index (χ0v) is 13.2. The van der Waals surface area contributed by atoms with Crippen molar-refractivity contribution in [3.8, 4) is 5.75 Å². The van der Waals surface area contributed by atoms with Crippen LogP contribution in [0, 0.1) is 0 Å². The van der Waals surface area contributed by atoms with Crippen LogP contribution in [0.2, 0.25) is 0 Å². The van der Waals surface area contributed by atoms with Crippen LogP contribution in [0.25, 0.3) is 11.6 Å². The molecule has 0 saturated heterocycles. The highest BCUT2D eigenvalue weighted by molar-refractivity contribution is 6.33. The summed E-state index contributed by atoms with van der Waals surface area (Å²) in [7, 11) is 0. The van der Waals surface area contributed by atoms with Crippen LogP contribution in [0.5, 0.6) is 5.75 Å². The Labute approximate surface area is 143 Å². The van der Waals surface area contributed by atoms with E-state index in [9.17, 15) is 14.4 Å². The van der Waals surface area contributed by atoms with Gasteiger partial charge in [-0.1, -0.05) is 30.3 Å². The summed E-state index contributed by atoms with van der Waals surface area (Å²) in [5, 5.41) is 11.0. The lowest BCUT2D eigenvalue weighted by Crippen LogP contribution is -2.36. The third-order valence-electron chi connectivity index (χ3n) is 3.69. The molecular weight excluding hydrogens is 322 g/mol.